The summed E-state index contributed by atoms with van der Waals surface area (Å²) in [7, 11) is 4.20. The van der Waals surface area contributed by atoms with E-state index < -0.39 is 0 Å². The maximum Gasteiger partial charge on any atom is 0.222 e. The molecule has 1 atom stereocenters. The van der Waals surface area contributed by atoms with Crippen LogP contribution < -0.4 is 16.4 Å². The van der Waals surface area contributed by atoms with E-state index in [1.165, 1.54) is 16.7 Å². The molecule has 0 fully saturated rings. The molecular weight excluding hydrogens is 312 g/mol. The number of nitrogens with two attached hydrogens (primary N) is 1. The Labute approximate surface area is 149 Å². The van der Waals surface area contributed by atoms with Gasteiger partial charge in [-0.1, -0.05) is 29.8 Å². The first-order chi connectivity index (χ1) is 12.0. The Morgan fingerprint density at radius 3 is 2.60 bits per heavy atom. The van der Waals surface area contributed by atoms with Crippen LogP contribution in [0.15, 0.2) is 24.3 Å². The fraction of sp³-hybridized carbons (Fsp3) is 0.474. The number of nitrogens with zero attached hydrogens (tertiary/aromatic N) is 3. The lowest BCUT2D eigenvalue weighted by atomic mass is 10.0. The van der Waals surface area contributed by atoms with Crippen LogP contribution in [0.2, 0.25) is 0 Å². The summed E-state index contributed by atoms with van der Waals surface area (Å²) in [6.45, 7) is 4.77. The summed E-state index contributed by atoms with van der Waals surface area (Å²) < 4.78 is 0. The monoisotopic (exact) mass is 340 g/mol. The van der Waals surface area contributed by atoms with Gasteiger partial charge >= 0.3 is 0 Å². The molecule has 1 unspecified atom stereocenters. The number of benzene rings is 1. The third-order valence-corrected chi connectivity index (χ3v) is 4.75. The van der Waals surface area contributed by atoms with E-state index in [4.69, 9.17) is 5.73 Å². The van der Waals surface area contributed by atoms with E-state index in [0.29, 0.717) is 5.95 Å². The molecule has 2 heterocycles. The molecule has 0 radical (unpaired) electrons. The van der Waals surface area contributed by atoms with Crippen LogP contribution in [0, 0.1) is 6.92 Å². The lowest BCUT2D eigenvalue weighted by molar-refractivity contribution is 0.311. The summed E-state index contributed by atoms with van der Waals surface area (Å²) >= 11 is 0. The maximum atomic E-state index is 5.93. The van der Waals surface area contributed by atoms with Crippen molar-refractivity contribution in [2.24, 2.45) is 0 Å². The SMILES string of the molecule is Cc1ccc(C(CNc2nc(N)nc3c2CCNCC3)N(C)C)cc1. The highest BCUT2D eigenvalue weighted by Gasteiger charge is 2.18. The number of rotatable bonds is 5. The average Bonchev–Trinajstić information content (AvgIpc) is 2.81. The molecule has 2 aromatic rings. The number of hydrogen-bond acceptors (Lipinski definition) is 6. The zero-order valence-electron chi connectivity index (χ0n) is 15.3. The van der Waals surface area contributed by atoms with Crippen molar-refractivity contribution in [2.45, 2.75) is 25.8 Å². The number of nitrogen functional groups attached to an aromatic ring is 1. The fourth-order valence-electron chi connectivity index (χ4n) is 3.29. The van der Waals surface area contributed by atoms with E-state index >= 15 is 0 Å². The molecule has 0 amide bonds. The van der Waals surface area contributed by atoms with Crippen molar-refractivity contribution in [3.63, 3.8) is 0 Å². The van der Waals surface area contributed by atoms with Gasteiger partial charge in [0.2, 0.25) is 5.95 Å². The topological polar surface area (TPSA) is 79.1 Å². The van der Waals surface area contributed by atoms with Crippen molar-refractivity contribution in [1.82, 2.24) is 20.2 Å². The van der Waals surface area contributed by atoms with Crippen LogP contribution >= 0.6 is 0 Å². The van der Waals surface area contributed by atoms with Crippen LogP contribution in [0.25, 0.3) is 0 Å². The van der Waals surface area contributed by atoms with Crippen LogP contribution in [0.3, 0.4) is 0 Å². The van der Waals surface area contributed by atoms with Crippen molar-refractivity contribution in [2.75, 3.05) is 44.8 Å². The first kappa shape index (κ1) is 17.6. The normalized spacial score (nSPS) is 15.5. The molecule has 3 rings (SSSR count). The van der Waals surface area contributed by atoms with E-state index in [-0.39, 0.29) is 6.04 Å². The third kappa shape index (κ3) is 4.27. The van der Waals surface area contributed by atoms with Gasteiger partial charge in [0.25, 0.3) is 0 Å². The van der Waals surface area contributed by atoms with Gasteiger partial charge in [-0.05, 0) is 39.5 Å². The number of anilines is 2. The molecule has 1 aliphatic rings. The van der Waals surface area contributed by atoms with Crippen LogP contribution in [-0.4, -0.2) is 48.6 Å². The molecule has 0 aliphatic carbocycles. The van der Waals surface area contributed by atoms with Gasteiger partial charge in [-0.15, -0.1) is 0 Å². The predicted octanol–water partition coefficient (Wildman–Crippen LogP) is 1.77. The standard InChI is InChI=1S/C19H28N6/c1-13-4-6-14(7-5-13)17(25(2)3)12-22-18-15-8-10-21-11-9-16(15)23-19(20)24-18/h4-7,17,21H,8-12H2,1-3H3,(H3,20,22,23,24). The minimum absolute atomic E-state index is 0.261. The smallest absolute Gasteiger partial charge is 0.222 e. The summed E-state index contributed by atoms with van der Waals surface area (Å²) in [6.07, 6.45) is 1.82. The molecule has 134 valence electrons. The number of aryl methyl sites for hydroxylation is 1. The third-order valence-electron chi connectivity index (χ3n) is 4.75. The summed E-state index contributed by atoms with van der Waals surface area (Å²) in [4.78, 5) is 11.1. The van der Waals surface area contributed by atoms with E-state index in [9.17, 15) is 0 Å². The second-order valence-corrected chi connectivity index (χ2v) is 6.88. The largest absolute Gasteiger partial charge is 0.368 e. The zero-order valence-corrected chi connectivity index (χ0v) is 15.3. The van der Waals surface area contributed by atoms with E-state index in [1.807, 2.05) is 0 Å². The summed E-state index contributed by atoms with van der Waals surface area (Å²) in [5.74, 6) is 1.23. The number of nitrogens with one attached hydrogen (secondary N) is 2. The second-order valence-electron chi connectivity index (χ2n) is 6.88. The first-order valence-electron chi connectivity index (χ1n) is 8.87. The molecule has 0 saturated carbocycles. The summed E-state index contributed by atoms with van der Waals surface area (Å²) in [5, 5.41) is 6.95. The Balaban J connectivity index is 1.81. The summed E-state index contributed by atoms with van der Waals surface area (Å²) in [6, 6.07) is 8.97. The molecule has 1 aromatic carbocycles. The highest BCUT2D eigenvalue weighted by atomic mass is 15.2. The average molecular weight is 340 g/mol. The van der Waals surface area contributed by atoms with Gasteiger partial charge < -0.3 is 21.3 Å². The van der Waals surface area contributed by atoms with Crippen molar-refractivity contribution in [1.29, 1.82) is 0 Å². The Morgan fingerprint density at radius 1 is 1.16 bits per heavy atom. The number of fused-ring (bicyclic) bond motifs is 1. The second kappa shape index (κ2) is 7.80. The van der Waals surface area contributed by atoms with Crippen LogP contribution in [0.1, 0.15) is 28.4 Å². The van der Waals surface area contributed by atoms with Crippen molar-refractivity contribution in [3.05, 3.63) is 46.6 Å². The molecule has 0 spiro atoms. The molecule has 0 bridgehead atoms. The summed E-state index contributed by atoms with van der Waals surface area (Å²) in [5.41, 5.74) is 10.8. The quantitative estimate of drug-likeness (QED) is 0.770. The van der Waals surface area contributed by atoms with Gasteiger partial charge in [0, 0.05) is 25.1 Å². The predicted molar refractivity (Wildman–Crippen MR) is 103 cm³/mol. The Hall–Kier alpha value is -2.18. The number of aromatic nitrogens is 2. The molecule has 1 aromatic heterocycles. The van der Waals surface area contributed by atoms with Gasteiger partial charge in [-0.25, -0.2) is 4.98 Å². The van der Waals surface area contributed by atoms with Gasteiger partial charge in [0.15, 0.2) is 0 Å². The van der Waals surface area contributed by atoms with Gasteiger partial charge in [0.05, 0.1) is 11.7 Å². The van der Waals surface area contributed by atoms with E-state index in [0.717, 1.165) is 44.0 Å². The molecule has 6 heteroatoms. The van der Waals surface area contributed by atoms with Crippen LogP contribution in [-0.2, 0) is 12.8 Å². The van der Waals surface area contributed by atoms with Gasteiger partial charge in [-0.2, -0.15) is 4.98 Å². The molecule has 4 N–H and O–H groups in total. The fourth-order valence-corrected chi connectivity index (χ4v) is 3.29. The molecule has 6 nitrogen and oxygen atoms in total. The highest BCUT2D eigenvalue weighted by molar-refractivity contribution is 5.50. The van der Waals surface area contributed by atoms with Crippen LogP contribution in [0.4, 0.5) is 11.8 Å². The van der Waals surface area contributed by atoms with E-state index in [1.54, 1.807) is 0 Å². The van der Waals surface area contributed by atoms with Crippen molar-refractivity contribution < 1.29 is 0 Å². The maximum absolute atomic E-state index is 5.93. The van der Waals surface area contributed by atoms with Gasteiger partial charge in [0.1, 0.15) is 5.82 Å². The zero-order chi connectivity index (χ0) is 17.8. The minimum atomic E-state index is 0.261. The molecule has 25 heavy (non-hydrogen) atoms. The Bertz CT molecular complexity index is 711. The molecular formula is C19H28N6. The first-order valence-corrected chi connectivity index (χ1v) is 8.87. The van der Waals surface area contributed by atoms with Crippen molar-refractivity contribution in [3.8, 4) is 0 Å². The van der Waals surface area contributed by atoms with E-state index in [2.05, 4.69) is 70.8 Å². The van der Waals surface area contributed by atoms with Gasteiger partial charge in [-0.3, -0.25) is 0 Å². The Morgan fingerprint density at radius 2 is 1.88 bits per heavy atom. The number of hydrogen-bond donors (Lipinski definition) is 3. The molecule has 0 saturated heterocycles. The lowest BCUT2D eigenvalue weighted by Gasteiger charge is -2.26. The minimum Gasteiger partial charge on any atom is -0.368 e. The van der Waals surface area contributed by atoms with Crippen LogP contribution in [0.5, 0.6) is 0 Å². The van der Waals surface area contributed by atoms with Crippen molar-refractivity contribution >= 4 is 11.8 Å². The highest BCUT2D eigenvalue weighted by Crippen LogP contribution is 2.23. The Kier molecular flexibility index (Phi) is 5.50. The number of likely N-dealkylation sites (N-methyl/N-ethyl adjacent to an activating group) is 1. The lowest BCUT2D eigenvalue weighted by Crippen LogP contribution is -2.27. The molecule has 1 aliphatic heterocycles.